The van der Waals surface area contributed by atoms with E-state index in [1.54, 1.807) is 12.1 Å². The van der Waals surface area contributed by atoms with E-state index in [9.17, 15) is 9.18 Å². The normalized spacial score (nSPS) is 18.0. The molecule has 1 aliphatic rings. The molecule has 1 saturated heterocycles. The van der Waals surface area contributed by atoms with E-state index >= 15 is 0 Å². The second kappa shape index (κ2) is 8.85. The van der Waals surface area contributed by atoms with Gasteiger partial charge in [-0.3, -0.25) is 4.79 Å². The van der Waals surface area contributed by atoms with Crippen molar-refractivity contribution in [3.63, 3.8) is 0 Å². The number of amides is 1. The molecule has 1 unspecified atom stereocenters. The Labute approximate surface area is 131 Å². The summed E-state index contributed by atoms with van der Waals surface area (Å²) in [5, 5.41) is 3.22. The number of carbonyl (C=O) groups is 1. The summed E-state index contributed by atoms with van der Waals surface area (Å²) < 4.78 is 18.2. The molecule has 0 saturated carbocycles. The number of benzene rings is 1. The number of rotatable bonds is 5. The van der Waals surface area contributed by atoms with Crippen LogP contribution < -0.4 is 10.1 Å². The van der Waals surface area contributed by atoms with Crippen molar-refractivity contribution in [1.82, 2.24) is 10.2 Å². The summed E-state index contributed by atoms with van der Waals surface area (Å²) in [4.78, 5) is 13.9. The number of halogens is 2. The molecule has 1 N–H and O–H groups in total. The molecule has 0 radical (unpaired) electrons. The predicted molar refractivity (Wildman–Crippen MR) is 82.4 cm³/mol. The topological polar surface area (TPSA) is 41.6 Å². The Hall–Kier alpha value is -1.33. The first-order valence-corrected chi connectivity index (χ1v) is 7.02. The number of hydrogen-bond acceptors (Lipinski definition) is 3. The monoisotopic (exact) mass is 316 g/mol. The number of likely N-dealkylation sites (N-methyl/N-ethyl adjacent to an activating group) is 1. The molecule has 1 aromatic rings. The van der Waals surface area contributed by atoms with Crippen molar-refractivity contribution < 1.29 is 13.9 Å². The van der Waals surface area contributed by atoms with Crippen LogP contribution in [-0.4, -0.2) is 43.6 Å². The highest BCUT2D eigenvalue weighted by atomic mass is 35.5. The average Bonchev–Trinajstić information content (AvgIpc) is 2.49. The summed E-state index contributed by atoms with van der Waals surface area (Å²) in [5.41, 5.74) is 0. The molecule has 4 nitrogen and oxygen atoms in total. The quantitative estimate of drug-likeness (QED) is 0.905. The van der Waals surface area contributed by atoms with E-state index in [1.165, 1.54) is 12.1 Å². The fourth-order valence-corrected chi connectivity index (χ4v) is 2.38. The lowest BCUT2D eigenvalue weighted by molar-refractivity contribution is -0.133. The van der Waals surface area contributed by atoms with E-state index in [0.29, 0.717) is 24.8 Å². The van der Waals surface area contributed by atoms with Crippen LogP contribution in [-0.2, 0) is 4.79 Å². The molecule has 6 heteroatoms. The highest BCUT2D eigenvalue weighted by Crippen LogP contribution is 2.13. The standard InChI is InChI=1S/C15H21FN2O2.ClH/c1-17-13-3-2-9-18(11-13)15(19)8-10-20-14-6-4-12(16)5-7-14;/h4-7,13,17H,2-3,8-11H2,1H3;1H. The second-order valence-electron chi connectivity index (χ2n) is 5.02. The van der Waals surface area contributed by atoms with Gasteiger partial charge in [-0.25, -0.2) is 4.39 Å². The van der Waals surface area contributed by atoms with Gasteiger partial charge in [0.15, 0.2) is 0 Å². The van der Waals surface area contributed by atoms with Crippen LogP contribution in [0.2, 0.25) is 0 Å². The third-order valence-corrected chi connectivity index (χ3v) is 3.58. The van der Waals surface area contributed by atoms with Crippen molar-refractivity contribution in [2.75, 3.05) is 26.7 Å². The summed E-state index contributed by atoms with van der Waals surface area (Å²) >= 11 is 0. The molecular weight excluding hydrogens is 295 g/mol. The van der Waals surface area contributed by atoms with E-state index in [4.69, 9.17) is 4.74 Å². The zero-order chi connectivity index (χ0) is 14.4. The van der Waals surface area contributed by atoms with Crippen LogP contribution in [0.5, 0.6) is 5.75 Å². The average molecular weight is 317 g/mol. The van der Waals surface area contributed by atoms with Gasteiger partial charge in [-0.15, -0.1) is 12.4 Å². The van der Waals surface area contributed by atoms with E-state index < -0.39 is 0 Å². The molecule has 21 heavy (non-hydrogen) atoms. The lowest BCUT2D eigenvalue weighted by atomic mass is 10.1. The predicted octanol–water partition coefficient (Wildman–Crippen LogP) is 2.23. The summed E-state index contributed by atoms with van der Waals surface area (Å²) in [7, 11) is 1.93. The third-order valence-electron chi connectivity index (χ3n) is 3.58. The Bertz CT molecular complexity index is 442. The molecule has 118 valence electrons. The Morgan fingerprint density at radius 2 is 2.14 bits per heavy atom. The van der Waals surface area contributed by atoms with Gasteiger partial charge in [-0.05, 0) is 44.2 Å². The minimum absolute atomic E-state index is 0. The summed E-state index contributed by atoms with van der Waals surface area (Å²) in [5.74, 6) is 0.415. The number of nitrogens with zero attached hydrogens (tertiary/aromatic N) is 1. The van der Waals surface area contributed by atoms with Gasteiger partial charge in [0.2, 0.25) is 5.91 Å². The molecule has 1 aromatic carbocycles. The second-order valence-corrected chi connectivity index (χ2v) is 5.02. The molecule has 1 fully saturated rings. The minimum atomic E-state index is -0.292. The Morgan fingerprint density at radius 3 is 2.81 bits per heavy atom. The van der Waals surface area contributed by atoms with E-state index in [-0.39, 0.29) is 24.1 Å². The van der Waals surface area contributed by atoms with Gasteiger partial charge < -0.3 is 15.0 Å². The summed E-state index contributed by atoms with van der Waals surface area (Å²) in [6.45, 7) is 1.92. The van der Waals surface area contributed by atoms with Crippen molar-refractivity contribution in [3.05, 3.63) is 30.1 Å². The van der Waals surface area contributed by atoms with Crippen molar-refractivity contribution in [2.45, 2.75) is 25.3 Å². The van der Waals surface area contributed by atoms with Crippen LogP contribution in [0.25, 0.3) is 0 Å². The van der Waals surface area contributed by atoms with Crippen LogP contribution in [0.3, 0.4) is 0 Å². The molecule has 1 aliphatic heterocycles. The van der Waals surface area contributed by atoms with Crippen molar-refractivity contribution in [3.8, 4) is 5.75 Å². The maximum Gasteiger partial charge on any atom is 0.226 e. The van der Waals surface area contributed by atoms with Gasteiger partial charge in [-0.1, -0.05) is 0 Å². The van der Waals surface area contributed by atoms with Crippen LogP contribution in [0.4, 0.5) is 4.39 Å². The number of likely N-dealkylation sites (tertiary alicyclic amines) is 1. The Kier molecular flexibility index (Phi) is 7.47. The van der Waals surface area contributed by atoms with Gasteiger partial charge in [0, 0.05) is 19.1 Å². The SMILES string of the molecule is CNC1CCCN(C(=O)CCOc2ccc(F)cc2)C1.Cl. The molecule has 0 bridgehead atoms. The van der Waals surface area contributed by atoms with Gasteiger partial charge in [0.25, 0.3) is 0 Å². The van der Waals surface area contributed by atoms with Crippen LogP contribution in [0, 0.1) is 5.82 Å². The molecule has 0 aliphatic carbocycles. The smallest absolute Gasteiger partial charge is 0.226 e. The van der Waals surface area contributed by atoms with Crippen LogP contribution in [0.1, 0.15) is 19.3 Å². The molecule has 0 spiro atoms. The molecule has 2 rings (SSSR count). The highest BCUT2D eigenvalue weighted by molar-refractivity contribution is 5.85. The van der Waals surface area contributed by atoms with Crippen molar-refractivity contribution >= 4 is 18.3 Å². The Balaban J connectivity index is 0.00000220. The maximum absolute atomic E-state index is 12.7. The summed E-state index contributed by atoms with van der Waals surface area (Å²) in [6.07, 6.45) is 2.51. The molecule has 1 amide bonds. The minimum Gasteiger partial charge on any atom is -0.493 e. The van der Waals surface area contributed by atoms with E-state index in [1.807, 2.05) is 11.9 Å². The number of hydrogen-bond donors (Lipinski definition) is 1. The fourth-order valence-electron chi connectivity index (χ4n) is 2.38. The molecule has 0 aromatic heterocycles. The fraction of sp³-hybridized carbons (Fsp3) is 0.533. The molecule has 1 atom stereocenters. The first-order chi connectivity index (χ1) is 9.69. The van der Waals surface area contributed by atoms with Gasteiger partial charge in [0.1, 0.15) is 11.6 Å². The lowest BCUT2D eigenvalue weighted by Crippen LogP contribution is -2.47. The zero-order valence-corrected chi connectivity index (χ0v) is 13.0. The Morgan fingerprint density at radius 1 is 1.43 bits per heavy atom. The summed E-state index contributed by atoms with van der Waals surface area (Å²) in [6, 6.07) is 6.22. The van der Waals surface area contributed by atoms with Gasteiger partial charge in [-0.2, -0.15) is 0 Å². The van der Waals surface area contributed by atoms with Crippen LogP contribution >= 0.6 is 12.4 Å². The van der Waals surface area contributed by atoms with E-state index in [2.05, 4.69) is 5.32 Å². The number of piperidine rings is 1. The number of nitrogens with one attached hydrogen (secondary N) is 1. The van der Waals surface area contributed by atoms with Crippen molar-refractivity contribution in [2.24, 2.45) is 0 Å². The molecule has 1 heterocycles. The van der Waals surface area contributed by atoms with Gasteiger partial charge in [0.05, 0.1) is 13.0 Å². The van der Waals surface area contributed by atoms with Crippen LogP contribution in [0.15, 0.2) is 24.3 Å². The number of carbonyl (C=O) groups excluding carboxylic acids is 1. The third kappa shape index (κ3) is 5.52. The largest absolute Gasteiger partial charge is 0.493 e. The van der Waals surface area contributed by atoms with Gasteiger partial charge >= 0.3 is 0 Å². The number of ether oxygens (including phenoxy) is 1. The zero-order valence-electron chi connectivity index (χ0n) is 12.2. The first kappa shape index (κ1) is 17.7. The maximum atomic E-state index is 12.7. The highest BCUT2D eigenvalue weighted by Gasteiger charge is 2.22. The van der Waals surface area contributed by atoms with Crippen molar-refractivity contribution in [1.29, 1.82) is 0 Å². The first-order valence-electron chi connectivity index (χ1n) is 7.02. The lowest BCUT2D eigenvalue weighted by Gasteiger charge is -2.32. The van der Waals surface area contributed by atoms with E-state index in [0.717, 1.165) is 25.9 Å². The molecular formula is C15H22ClFN2O2.